The first-order chi connectivity index (χ1) is 11.5. The highest BCUT2D eigenvalue weighted by atomic mass is 16.2. The van der Waals surface area contributed by atoms with Crippen molar-refractivity contribution in [1.82, 2.24) is 14.8 Å². The van der Waals surface area contributed by atoms with Gasteiger partial charge in [-0.1, -0.05) is 0 Å². The fourth-order valence-corrected chi connectivity index (χ4v) is 2.93. The van der Waals surface area contributed by atoms with Gasteiger partial charge in [-0.15, -0.1) is 0 Å². The number of carbonyl (C=O) groups is 1. The summed E-state index contributed by atoms with van der Waals surface area (Å²) in [6.45, 7) is 4.98. The van der Waals surface area contributed by atoms with Crippen LogP contribution in [0.15, 0.2) is 18.5 Å². The molecule has 3 heterocycles. The standard InChI is InChI=1S/C17H22N6O/c1-11-14(19-8-13-9-20-22(3)10-13)7-15(21-17(11)12(2)18)23-6-4-5-16(23)24/h7,9-10,18H,4-6,8H2,1-3H3,(H,19,21). The van der Waals surface area contributed by atoms with Crippen molar-refractivity contribution in [1.29, 1.82) is 5.41 Å². The Hall–Kier alpha value is -2.70. The number of rotatable bonds is 5. The second kappa shape index (κ2) is 6.43. The maximum atomic E-state index is 12.0. The van der Waals surface area contributed by atoms with Crippen molar-refractivity contribution in [2.24, 2.45) is 7.05 Å². The smallest absolute Gasteiger partial charge is 0.228 e. The molecular weight excluding hydrogens is 304 g/mol. The molecule has 1 amide bonds. The lowest BCUT2D eigenvalue weighted by Crippen LogP contribution is -2.26. The van der Waals surface area contributed by atoms with Gasteiger partial charge in [0.05, 0.1) is 17.6 Å². The Morgan fingerprint density at radius 3 is 2.83 bits per heavy atom. The third-order valence-electron chi connectivity index (χ3n) is 4.21. The van der Waals surface area contributed by atoms with Crippen LogP contribution in [0, 0.1) is 12.3 Å². The van der Waals surface area contributed by atoms with Gasteiger partial charge in [-0.05, 0) is 25.8 Å². The lowest BCUT2D eigenvalue weighted by molar-refractivity contribution is -0.117. The molecule has 2 aromatic rings. The Bertz CT molecular complexity index is 794. The normalized spacial score (nSPS) is 14.3. The van der Waals surface area contributed by atoms with Crippen LogP contribution in [0.5, 0.6) is 0 Å². The van der Waals surface area contributed by atoms with E-state index in [4.69, 9.17) is 5.41 Å². The van der Waals surface area contributed by atoms with E-state index >= 15 is 0 Å². The number of pyridine rings is 1. The first-order valence-corrected chi connectivity index (χ1v) is 8.04. The Balaban J connectivity index is 1.92. The van der Waals surface area contributed by atoms with E-state index in [1.807, 2.05) is 32.4 Å². The van der Waals surface area contributed by atoms with E-state index in [-0.39, 0.29) is 5.91 Å². The maximum absolute atomic E-state index is 12.0. The molecule has 24 heavy (non-hydrogen) atoms. The van der Waals surface area contributed by atoms with E-state index < -0.39 is 0 Å². The predicted molar refractivity (Wildman–Crippen MR) is 93.6 cm³/mol. The van der Waals surface area contributed by atoms with Gasteiger partial charge in [0.25, 0.3) is 0 Å². The lowest BCUT2D eigenvalue weighted by Gasteiger charge is -2.19. The van der Waals surface area contributed by atoms with Crippen LogP contribution in [0.3, 0.4) is 0 Å². The molecule has 0 atom stereocenters. The third kappa shape index (κ3) is 3.15. The summed E-state index contributed by atoms with van der Waals surface area (Å²) >= 11 is 0. The van der Waals surface area contributed by atoms with Gasteiger partial charge in [0, 0.05) is 50.1 Å². The van der Waals surface area contributed by atoms with E-state index in [1.54, 1.807) is 16.5 Å². The zero-order valence-corrected chi connectivity index (χ0v) is 14.3. The molecule has 2 N–H and O–H groups in total. The number of anilines is 2. The first kappa shape index (κ1) is 16.2. The summed E-state index contributed by atoms with van der Waals surface area (Å²) in [5.41, 5.74) is 3.90. The van der Waals surface area contributed by atoms with Gasteiger partial charge in [0.15, 0.2) is 0 Å². The SMILES string of the molecule is CC(=N)c1nc(N2CCCC2=O)cc(NCc2cnn(C)c2)c1C. The van der Waals surface area contributed by atoms with Crippen molar-refractivity contribution >= 4 is 23.1 Å². The van der Waals surface area contributed by atoms with E-state index in [0.29, 0.717) is 36.7 Å². The van der Waals surface area contributed by atoms with Crippen molar-refractivity contribution < 1.29 is 4.79 Å². The minimum absolute atomic E-state index is 0.0955. The number of nitrogens with one attached hydrogen (secondary N) is 2. The van der Waals surface area contributed by atoms with Crippen LogP contribution in [0.2, 0.25) is 0 Å². The van der Waals surface area contributed by atoms with Crippen molar-refractivity contribution in [3.8, 4) is 0 Å². The van der Waals surface area contributed by atoms with Gasteiger partial charge < -0.3 is 10.7 Å². The quantitative estimate of drug-likeness (QED) is 0.825. The summed E-state index contributed by atoms with van der Waals surface area (Å²) in [5.74, 6) is 0.719. The summed E-state index contributed by atoms with van der Waals surface area (Å²) in [5, 5.41) is 15.5. The Morgan fingerprint density at radius 1 is 1.46 bits per heavy atom. The molecular formula is C17H22N6O. The average Bonchev–Trinajstić information content (AvgIpc) is 3.14. The topological polar surface area (TPSA) is 86.9 Å². The zero-order chi connectivity index (χ0) is 17.3. The molecule has 7 heteroatoms. The van der Waals surface area contributed by atoms with Gasteiger partial charge in [0.1, 0.15) is 5.82 Å². The number of nitrogens with zero attached hydrogens (tertiary/aromatic N) is 4. The van der Waals surface area contributed by atoms with Crippen LogP contribution in [-0.2, 0) is 18.4 Å². The van der Waals surface area contributed by atoms with Crippen LogP contribution >= 0.6 is 0 Å². The van der Waals surface area contributed by atoms with Crippen molar-refractivity contribution in [2.45, 2.75) is 33.2 Å². The molecule has 0 radical (unpaired) electrons. The molecule has 0 unspecified atom stereocenters. The molecule has 0 bridgehead atoms. The van der Waals surface area contributed by atoms with Crippen molar-refractivity contribution in [3.63, 3.8) is 0 Å². The van der Waals surface area contributed by atoms with E-state index in [1.165, 1.54) is 0 Å². The van der Waals surface area contributed by atoms with E-state index in [9.17, 15) is 4.79 Å². The molecule has 1 fully saturated rings. The molecule has 0 saturated carbocycles. The van der Waals surface area contributed by atoms with E-state index in [0.717, 1.165) is 23.2 Å². The monoisotopic (exact) mass is 326 g/mol. The fourth-order valence-electron chi connectivity index (χ4n) is 2.93. The minimum atomic E-state index is 0.0955. The van der Waals surface area contributed by atoms with Crippen LogP contribution in [-0.4, -0.2) is 32.9 Å². The predicted octanol–water partition coefficient (Wildman–Crippen LogP) is 2.25. The van der Waals surface area contributed by atoms with Gasteiger partial charge >= 0.3 is 0 Å². The Kier molecular flexibility index (Phi) is 4.33. The number of hydrogen-bond donors (Lipinski definition) is 2. The highest BCUT2D eigenvalue weighted by Gasteiger charge is 2.24. The van der Waals surface area contributed by atoms with Crippen LogP contribution in [0.4, 0.5) is 11.5 Å². The highest BCUT2D eigenvalue weighted by Crippen LogP contribution is 2.27. The molecule has 2 aromatic heterocycles. The maximum Gasteiger partial charge on any atom is 0.228 e. The summed E-state index contributed by atoms with van der Waals surface area (Å²) in [7, 11) is 1.88. The van der Waals surface area contributed by atoms with Gasteiger partial charge in [-0.2, -0.15) is 5.10 Å². The zero-order valence-electron chi connectivity index (χ0n) is 14.3. The molecule has 1 saturated heterocycles. The molecule has 1 aliphatic rings. The van der Waals surface area contributed by atoms with Crippen LogP contribution in [0.25, 0.3) is 0 Å². The summed E-state index contributed by atoms with van der Waals surface area (Å²) in [4.78, 5) is 18.3. The molecule has 0 aliphatic carbocycles. The molecule has 126 valence electrons. The number of hydrogen-bond acceptors (Lipinski definition) is 5. The second-order valence-corrected chi connectivity index (χ2v) is 6.15. The van der Waals surface area contributed by atoms with Crippen molar-refractivity contribution in [3.05, 3.63) is 35.3 Å². The number of amides is 1. The largest absolute Gasteiger partial charge is 0.380 e. The number of carbonyl (C=O) groups excluding carboxylic acids is 1. The Labute approximate surface area is 141 Å². The molecule has 7 nitrogen and oxygen atoms in total. The summed E-state index contributed by atoms with van der Waals surface area (Å²) in [6, 6.07) is 1.90. The van der Waals surface area contributed by atoms with E-state index in [2.05, 4.69) is 15.4 Å². The lowest BCUT2D eigenvalue weighted by atomic mass is 10.1. The molecule has 0 spiro atoms. The molecule has 1 aliphatic heterocycles. The summed E-state index contributed by atoms with van der Waals surface area (Å²) in [6.07, 6.45) is 5.19. The average molecular weight is 326 g/mol. The van der Waals surface area contributed by atoms with Crippen LogP contribution < -0.4 is 10.2 Å². The highest BCUT2D eigenvalue weighted by molar-refractivity contribution is 5.99. The van der Waals surface area contributed by atoms with Crippen LogP contribution in [0.1, 0.15) is 36.6 Å². The minimum Gasteiger partial charge on any atom is -0.380 e. The third-order valence-corrected chi connectivity index (χ3v) is 4.21. The van der Waals surface area contributed by atoms with Crippen molar-refractivity contribution in [2.75, 3.05) is 16.8 Å². The van der Waals surface area contributed by atoms with Gasteiger partial charge in [-0.3, -0.25) is 14.4 Å². The Morgan fingerprint density at radius 2 is 2.25 bits per heavy atom. The summed E-state index contributed by atoms with van der Waals surface area (Å²) < 4.78 is 1.76. The fraction of sp³-hybridized carbons (Fsp3) is 0.412. The molecule has 0 aromatic carbocycles. The van der Waals surface area contributed by atoms with Gasteiger partial charge in [0.2, 0.25) is 5.91 Å². The number of aryl methyl sites for hydroxylation is 1. The number of aromatic nitrogens is 3. The second-order valence-electron chi connectivity index (χ2n) is 6.15. The van der Waals surface area contributed by atoms with Gasteiger partial charge in [-0.25, -0.2) is 4.98 Å². The first-order valence-electron chi connectivity index (χ1n) is 8.04. The molecule has 3 rings (SSSR count).